The second kappa shape index (κ2) is 4.48. The van der Waals surface area contributed by atoms with Crippen molar-refractivity contribution in [3.8, 4) is 0 Å². The molecule has 2 heterocycles. The van der Waals surface area contributed by atoms with Gasteiger partial charge in [-0.15, -0.1) is 0 Å². The number of nitrogens with zero attached hydrogens (tertiary/aromatic N) is 3. The highest BCUT2D eigenvalue weighted by atomic mass is 15.4. The third-order valence-corrected chi connectivity index (χ3v) is 3.30. The highest BCUT2D eigenvalue weighted by Crippen LogP contribution is 2.29. The first-order chi connectivity index (χ1) is 7.59. The van der Waals surface area contributed by atoms with Gasteiger partial charge in [0.15, 0.2) is 5.82 Å². The van der Waals surface area contributed by atoms with E-state index in [1.54, 1.807) is 0 Å². The zero-order valence-electron chi connectivity index (χ0n) is 10.9. The van der Waals surface area contributed by atoms with E-state index in [0.717, 1.165) is 0 Å². The van der Waals surface area contributed by atoms with Crippen LogP contribution in [0.25, 0.3) is 0 Å². The van der Waals surface area contributed by atoms with E-state index in [2.05, 4.69) is 43.5 Å². The molecule has 0 unspecified atom stereocenters. The molecule has 3 heteroatoms. The molecular weight excluding hydrogens is 198 g/mol. The molecular formula is C13H23N3. The smallest absolute Gasteiger partial charge is 0.154 e. The van der Waals surface area contributed by atoms with Crippen LogP contribution < -0.4 is 4.90 Å². The van der Waals surface area contributed by atoms with E-state index in [0.29, 0.717) is 12.0 Å². The summed E-state index contributed by atoms with van der Waals surface area (Å²) in [5.74, 6) is 1.78. The van der Waals surface area contributed by atoms with Crippen LogP contribution in [0.1, 0.15) is 58.1 Å². The number of aromatic nitrogens is 2. The maximum atomic E-state index is 4.76. The SMILES string of the molecule is CC(C)c1cn(C(C)C)nc1N1CCCC1. The van der Waals surface area contributed by atoms with Crippen LogP contribution in [0.5, 0.6) is 0 Å². The Morgan fingerprint density at radius 1 is 1.12 bits per heavy atom. The largest absolute Gasteiger partial charge is 0.355 e. The van der Waals surface area contributed by atoms with Crippen molar-refractivity contribution in [2.75, 3.05) is 18.0 Å². The molecule has 1 fully saturated rings. The lowest BCUT2D eigenvalue weighted by Crippen LogP contribution is -2.20. The van der Waals surface area contributed by atoms with E-state index in [9.17, 15) is 0 Å². The minimum atomic E-state index is 0.453. The maximum absolute atomic E-state index is 4.76. The molecule has 0 aromatic carbocycles. The summed E-state index contributed by atoms with van der Waals surface area (Å²) >= 11 is 0. The van der Waals surface area contributed by atoms with E-state index >= 15 is 0 Å². The van der Waals surface area contributed by atoms with Gasteiger partial charge in [0.1, 0.15) is 0 Å². The lowest BCUT2D eigenvalue weighted by atomic mass is 10.1. The van der Waals surface area contributed by atoms with Crippen molar-refractivity contribution in [1.29, 1.82) is 0 Å². The maximum Gasteiger partial charge on any atom is 0.154 e. The number of hydrogen-bond donors (Lipinski definition) is 0. The number of rotatable bonds is 3. The Labute approximate surface area is 98.4 Å². The molecule has 3 nitrogen and oxygen atoms in total. The van der Waals surface area contributed by atoms with Crippen LogP contribution in [0.2, 0.25) is 0 Å². The van der Waals surface area contributed by atoms with E-state index in [1.165, 1.54) is 37.3 Å². The van der Waals surface area contributed by atoms with Gasteiger partial charge in [-0.05, 0) is 32.6 Å². The van der Waals surface area contributed by atoms with Crippen molar-refractivity contribution < 1.29 is 0 Å². The first-order valence-electron chi connectivity index (χ1n) is 6.43. The summed E-state index contributed by atoms with van der Waals surface area (Å²) in [5.41, 5.74) is 1.40. The quantitative estimate of drug-likeness (QED) is 0.781. The summed E-state index contributed by atoms with van der Waals surface area (Å²) in [4.78, 5) is 2.44. The molecule has 1 aromatic rings. The van der Waals surface area contributed by atoms with Crippen LogP contribution in [-0.2, 0) is 0 Å². The van der Waals surface area contributed by atoms with Crippen molar-refractivity contribution in [1.82, 2.24) is 9.78 Å². The summed E-state index contributed by atoms with van der Waals surface area (Å²) in [6.07, 6.45) is 4.85. The molecule has 1 aromatic heterocycles. The standard InChI is InChI=1S/C13H23N3/c1-10(2)12-9-16(11(3)4)14-13(12)15-7-5-6-8-15/h9-11H,5-8H2,1-4H3. The Morgan fingerprint density at radius 3 is 2.25 bits per heavy atom. The summed E-state index contributed by atoms with van der Waals surface area (Å²) in [7, 11) is 0. The molecule has 2 rings (SSSR count). The molecule has 0 amide bonds. The fourth-order valence-electron chi connectivity index (χ4n) is 2.24. The average Bonchev–Trinajstić information content (AvgIpc) is 2.86. The van der Waals surface area contributed by atoms with E-state index in [-0.39, 0.29) is 0 Å². The van der Waals surface area contributed by atoms with Crippen molar-refractivity contribution in [2.45, 2.75) is 52.5 Å². The Hall–Kier alpha value is -0.990. The summed E-state index contributed by atoms with van der Waals surface area (Å²) in [6, 6.07) is 0.453. The first kappa shape index (κ1) is 11.5. The third-order valence-electron chi connectivity index (χ3n) is 3.30. The van der Waals surface area contributed by atoms with Crippen molar-refractivity contribution in [2.24, 2.45) is 0 Å². The van der Waals surface area contributed by atoms with E-state index in [1.807, 2.05) is 0 Å². The van der Waals surface area contributed by atoms with Gasteiger partial charge in [-0.2, -0.15) is 5.10 Å². The zero-order valence-corrected chi connectivity index (χ0v) is 10.9. The second-order valence-electron chi connectivity index (χ2n) is 5.33. The van der Waals surface area contributed by atoms with Gasteiger partial charge in [-0.1, -0.05) is 13.8 Å². The Morgan fingerprint density at radius 2 is 1.75 bits per heavy atom. The Balaban J connectivity index is 2.33. The van der Waals surface area contributed by atoms with Gasteiger partial charge in [0.25, 0.3) is 0 Å². The van der Waals surface area contributed by atoms with Crippen molar-refractivity contribution in [3.63, 3.8) is 0 Å². The molecule has 0 aliphatic carbocycles. The lowest BCUT2D eigenvalue weighted by Gasteiger charge is -2.17. The average molecular weight is 221 g/mol. The van der Waals surface area contributed by atoms with Crippen LogP contribution in [0.15, 0.2) is 6.20 Å². The molecule has 0 atom stereocenters. The molecule has 1 saturated heterocycles. The van der Waals surface area contributed by atoms with Crippen LogP contribution in [0.4, 0.5) is 5.82 Å². The summed E-state index contributed by atoms with van der Waals surface area (Å²) in [5, 5.41) is 4.76. The minimum Gasteiger partial charge on any atom is -0.355 e. The molecule has 0 saturated carbocycles. The van der Waals surface area contributed by atoms with E-state index < -0.39 is 0 Å². The monoisotopic (exact) mass is 221 g/mol. The molecule has 90 valence electrons. The topological polar surface area (TPSA) is 21.1 Å². The second-order valence-corrected chi connectivity index (χ2v) is 5.33. The highest BCUT2D eigenvalue weighted by molar-refractivity contribution is 5.48. The predicted molar refractivity (Wildman–Crippen MR) is 68.1 cm³/mol. The Kier molecular flexibility index (Phi) is 3.22. The van der Waals surface area contributed by atoms with Gasteiger partial charge >= 0.3 is 0 Å². The number of hydrogen-bond acceptors (Lipinski definition) is 2. The van der Waals surface area contributed by atoms with Gasteiger partial charge in [-0.3, -0.25) is 4.68 Å². The van der Waals surface area contributed by atoms with Crippen LogP contribution in [-0.4, -0.2) is 22.9 Å². The van der Waals surface area contributed by atoms with Crippen LogP contribution >= 0.6 is 0 Å². The first-order valence-corrected chi connectivity index (χ1v) is 6.43. The lowest BCUT2D eigenvalue weighted by molar-refractivity contribution is 0.531. The van der Waals surface area contributed by atoms with Crippen molar-refractivity contribution in [3.05, 3.63) is 11.8 Å². The van der Waals surface area contributed by atoms with Crippen molar-refractivity contribution >= 4 is 5.82 Å². The van der Waals surface area contributed by atoms with Gasteiger partial charge in [0, 0.05) is 30.9 Å². The molecule has 0 radical (unpaired) electrons. The van der Waals surface area contributed by atoms with Gasteiger partial charge < -0.3 is 4.90 Å². The Bertz CT molecular complexity index is 346. The highest BCUT2D eigenvalue weighted by Gasteiger charge is 2.21. The predicted octanol–water partition coefficient (Wildman–Crippen LogP) is 3.19. The zero-order chi connectivity index (χ0) is 11.7. The minimum absolute atomic E-state index is 0.453. The molecule has 16 heavy (non-hydrogen) atoms. The molecule has 0 bridgehead atoms. The van der Waals surface area contributed by atoms with Crippen LogP contribution in [0.3, 0.4) is 0 Å². The number of anilines is 1. The molecule has 0 N–H and O–H groups in total. The third kappa shape index (κ3) is 2.08. The fraction of sp³-hybridized carbons (Fsp3) is 0.769. The van der Waals surface area contributed by atoms with Gasteiger partial charge in [-0.25, -0.2) is 0 Å². The fourth-order valence-corrected chi connectivity index (χ4v) is 2.24. The molecule has 1 aliphatic rings. The van der Waals surface area contributed by atoms with Gasteiger partial charge in [0.2, 0.25) is 0 Å². The van der Waals surface area contributed by atoms with Crippen LogP contribution in [0, 0.1) is 0 Å². The summed E-state index contributed by atoms with van der Waals surface area (Å²) < 4.78 is 2.10. The molecule has 1 aliphatic heterocycles. The normalized spacial score (nSPS) is 16.8. The molecule has 0 spiro atoms. The van der Waals surface area contributed by atoms with E-state index in [4.69, 9.17) is 5.10 Å². The van der Waals surface area contributed by atoms with Gasteiger partial charge in [0.05, 0.1) is 0 Å². The summed E-state index contributed by atoms with van der Waals surface area (Å²) in [6.45, 7) is 11.2.